The van der Waals surface area contributed by atoms with Crippen LogP contribution in [0.3, 0.4) is 0 Å². The first-order valence-electron chi connectivity index (χ1n) is 6.56. The van der Waals surface area contributed by atoms with Crippen molar-refractivity contribution in [2.45, 2.75) is 13.5 Å². The summed E-state index contributed by atoms with van der Waals surface area (Å²) in [5.74, 6) is -4.25. The highest BCUT2D eigenvalue weighted by Crippen LogP contribution is 2.30. The minimum absolute atomic E-state index is 0.00239. The van der Waals surface area contributed by atoms with Gasteiger partial charge in [0, 0.05) is 24.2 Å². The van der Waals surface area contributed by atoms with Gasteiger partial charge in [-0.2, -0.15) is 0 Å². The molecule has 1 heterocycles. The summed E-state index contributed by atoms with van der Waals surface area (Å²) in [6, 6.07) is 1.97. The first-order valence-corrected chi connectivity index (χ1v) is 6.94. The van der Waals surface area contributed by atoms with E-state index in [4.69, 9.17) is 11.6 Å². The SMILES string of the molecule is C=CC(=O)c1cc(Cl)c(=O)n(CC)c1-c1c(F)cc(F)cc1F. The van der Waals surface area contributed by atoms with Crippen LogP contribution in [-0.4, -0.2) is 10.4 Å². The average Bonchev–Trinajstić information content (AvgIpc) is 2.49. The topological polar surface area (TPSA) is 39.1 Å². The highest BCUT2D eigenvalue weighted by atomic mass is 35.5. The Morgan fingerprint density at radius 1 is 1.26 bits per heavy atom. The molecule has 0 saturated carbocycles. The molecule has 0 saturated heterocycles. The maximum atomic E-state index is 14.1. The molecule has 0 unspecified atom stereocenters. The lowest BCUT2D eigenvalue weighted by molar-refractivity contribution is 0.104. The van der Waals surface area contributed by atoms with Crippen LogP contribution in [0.15, 0.2) is 35.6 Å². The predicted octanol–water partition coefficient (Wildman–Crippen LogP) is 3.97. The van der Waals surface area contributed by atoms with Crippen LogP contribution in [0.4, 0.5) is 13.2 Å². The Morgan fingerprint density at radius 2 is 1.83 bits per heavy atom. The molecule has 120 valence electrons. The molecule has 0 spiro atoms. The molecule has 23 heavy (non-hydrogen) atoms. The van der Waals surface area contributed by atoms with E-state index in [0.29, 0.717) is 12.1 Å². The van der Waals surface area contributed by atoms with Crippen LogP contribution in [0.2, 0.25) is 5.02 Å². The number of carbonyl (C=O) groups is 1. The Balaban J connectivity index is 3.01. The Kier molecular flexibility index (Phi) is 4.75. The second kappa shape index (κ2) is 6.42. The number of aromatic nitrogens is 1. The molecule has 0 aliphatic carbocycles. The van der Waals surface area contributed by atoms with E-state index in [1.165, 1.54) is 0 Å². The number of hydrogen-bond donors (Lipinski definition) is 0. The van der Waals surface area contributed by atoms with E-state index in [0.717, 1.165) is 16.7 Å². The minimum atomic E-state index is -1.23. The molecule has 0 atom stereocenters. The fraction of sp³-hybridized carbons (Fsp3) is 0.125. The molecule has 2 aromatic rings. The maximum Gasteiger partial charge on any atom is 0.269 e. The van der Waals surface area contributed by atoms with Gasteiger partial charge in [0.1, 0.15) is 22.5 Å². The fourth-order valence-electron chi connectivity index (χ4n) is 2.27. The quantitative estimate of drug-likeness (QED) is 0.623. The summed E-state index contributed by atoms with van der Waals surface area (Å²) in [7, 11) is 0. The number of pyridine rings is 1. The summed E-state index contributed by atoms with van der Waals surface area (Å²) < 4.78 is 42.3. The van der Waals surface area contributed by atoms with E-state index >= 15 is 0 Å². The van der Waals surface area contributed by atoms with E-state index in [1.807, 2.05) is 0 Å². The first kappa shape index (κ1) is 17.0. The molecule has 0 amide bonds. The van der Waals surface area contributed by atoms with Crippen molar-refractivity contribution >= 4 is 17.4 Å². The van der Waals surface area contributed by atoms with Crippen molar-refractivity contribution in [3.05, 3.63) is 69.2 Å². The number of halogens is 4. The summed E-state index contributed by atoms with van der Waals surface area (Å²) in [4.78, 5) is 24.1. The van der Waals surface area contributed by atoms with Gasteiger partial charge in [-0.15, -0.1) is 0 Å². The molecular weight excluding hydrogens is 331 g/mol. The van der Waals surface area contributed by atoms with Crippen molar-refractivity contribution in [2.24, 2.45) is 0 Å². The summed E-state index contributed by atoms with van der Waals surface area (Å²) in [5, 5.41) is -0.274. The van der Waals surface area contributed by atoms with Crippen molar-refractivity contribution in [3.63, 3.8) is 0 Å². The summed E-state index contributed by atoms with van der Waals surface area (Å²) in [6.07, 6.45) is 0.930. The standard InChI is InChI=1S/C16H11ClF3NO2/c1-3-13(22)9-7-10(17)16(23)21(4-2)15(9)14-11(19)5-8(18)6-12(14)20/h3,5-7H,1,4H2,2H3. The van der Waals surface area contributed by atoms with Crippen molar-refractivity contribution in [1.29, 1.82) is 0 Å². The zero-order chi connectivity index (χ0) is 17.3. The Labute approximate surface area is 134 Å². The Morgan fingerprint density at radius 3 is 2.30 bits per heavy atom. The van der Waals surface area contributed by atoms with E-state index < -0.39 is 34.4 Å². The highest BCUT2D eigenvalue weighted by Gasteiger charge is 2.24. The van der Waals surface area contributed by atoms with Gasteiger partial charge in [0.25, 0.3) is 5.56 Å². The molecule has 2 rings (SSSR count). The van der Waals surface area contributed by atoms with Crippen LogP contribution in [0.1, 0.15) is 17.3 Å². The van der Waals surface area contributed by atoms with Gasteiger partial charge in [-0.1, -0.05) is 18.2 Å². The monoisotopic (exact) mass is 341 g/mol. The first-order chi connectivity index (χ1) is 10.8. The number of benzene rings is 1. The van der Waals surface area contributed by atoms with Gasteiger partial charge in [0.05, 0.1) is 11.3 Å². The number of rotatable bonds is 4. The number of nitrogens with zero attached hydrogens (tertiary/aromatic N) is 1. The number of allylic oxidation sites excluding steroid dienone is 1. The smallest absolute Gasteiger partial charge is 0.269 e. The lowest BCUT2D eigenvalue weighted by Gasteiger charge is -2.17. The molecule has 0 radical (unpaired) electrons. The molecule has 0 fully saturated rings. The normalized spacial score (nSPS) is 10.7. The highest BCUT2D eigenvalue weighted by molar-refractivity contribution is 6.31. The van der Waals surface area contributed by atoms with Crippen LogP contribution >= 0.6 is 11.6 Å². The Hall–Kier alpha value is -2.34. The van der Waals surface area contributed by atoms with Gasteiger partial charge < -0.3 is 4.57 Å². The molecule has 3 nitrogen and oxygen atoms in total. The molecule has 1 aromatic carbocycles. The molecular formula is C16H11ClF3NO2. The van der Waals surface area contributed by atoms with Crippen molar-refractivity contribution in [3.8, 4) is 11.3 Å². The van der Waals surface area contributed by atoms with Crippen molar-refractivity contribution in [1.82, 2.24) is 4.57 Å². The van der Waals surface area contributed by atoms with Crippen LogP contribution < -0.4 is 5.56 Å². The van der Waals surface area contributed by atoms with Crippen molar-refractivity contribution in [2.75, 3.05) is 0 Å². The van der Waals surface area contributed by atoms with Gasteiger partial charge in [-0.05, 0) is 19.1 Å². The minimum Gasteiger partial charge on any atom is -0.306 e. The average molecular weight is 342 g/mol. The number of hydrogen-bond acceptors (Lipinski definition) is 2. The zero-order valence-corrected chi connectivity index (χ0v) is 12.8. The maximum absolute atomic E-state index is 14.1. The van der Waals surface area contributed by atoms with E-state index in [9.17, 15) is 22.8 Å². The summed E-state index contributed by atoms with van der Waals surface area (Å²) >= 11 is 5.80. The Bertz CT molecular complexity index is 851. The third-order valence-electron chi connectivity index (χ3n) is 3.26. The summed E-state index contributed by atoms with van der Waals surface area (Å²) in [6.45, 7) is 4.86. The predicted molar refractivity (Wildman–Crippen MR) is 81.2 cm³/mol. The second-order valence-corrected chi connectivity index (χ2v) is 5.02. The van der Waals surface area contributed by atoms with E-state index in [2.05, 4.69) is 6.58 Å². The van der Waals surface area contributed by atoms with Crippen molar-refractivity contribution < 1.29 is 18.0 Å². The molecule has 0 N–H and O–H groups in total. The largest absolute Gasteiger partial charge is 0.306 e. The zero-order valence-electron chi connectivity index (χ0n) is 12.0. The van der Waals surface area contributed by atoms with Gasteiger partial charge in [0.2, 0.25) is 0 Å². The third-order valence-corrected chi connectivity index (χ3v) is 3.53. The van der Waals surface area contributed by atoms with E-state index in [1.54, 1.807) is 6.92 Å². The molecule has 0 aliphatic rings. The number of carbonyl (C=O) groups excluding carboxylic acids is 1. The lowest BCUT2D eigenvalue weighted by atomic mass is 10.0. The van der Waals surface area contributed by atoms with Crippen LogP contribution in [-0.2, 0) is 6.54 Å². The van der Waals surface area contributed by atoms with Gasteiger partial charge in [-0.25, -0.2) is 13.2 Å². The molecule has 0 bridgehead atoms. The second-order valence-electron chi connectivity index (χ2n) is 4.62. The van der Waals surface area contributed by atoms with Crippen LogP contribution in [0.5, 0.6) is 0 Å². The lowest BCUT2D eigenvalue weighted by Crippen LogP contribution is -2.24. The molecule has 7 heteroatoms. The fourth-order valence-corrected chi connectivity index (χ4v) is 2.48. The van der Waals surface area contributed by atoms with E-state index in [-0.39, 0.29) is 22.8 Å². The van der Waals surface area contributed by atoms with Crippen LogP contribution in [0, 0.1) is 17.5 Å². The molecule has 0 aliphatic heterocycles. The van der Waals surface area contributed by atoms with Gasteiger partial charge >= 0.3 is 0 Å². The third kappa shape index (κ3) is 2.94. The van der Waals surface area contributed by atoms with Crippen LogP contribution in [0.25, 0.3) is 11.3 Å². The van der Waals surface area contributed by atoms with Gasteiger partial charge in [0.15, 0.2) is 5.78 Å². The van der Waals surface area contributed by atoms with Gasteiger partial charge in [-0.3, -0.25) is 9.59 Å². The molecule has 1 aromatic heterocycles. The summed E-state index contributed by atoms with van der Waals surface area (Å²) in [5.41, 5.74) is -1.89. The number of ketones is 1.